The van der Waals surface area contributed by atoms with Crippen LogP contribution in [0.4, 0.5) is 4.79 Å². The SMILES string of the molecule is CC(C)(C)OC(=O)n1cc([C@H]2C[C@@H]3Oc4ccccc4C(=O)C3=CO2)c2ccccc21. The Bertz CT molecular complexity index is 1230. The average molecular weight is 417 g/mol. The Kier molecular flexibility index (Phi) is 4.39. The van der Waals surface area contributed by atoms with Crippen LogP contribution in [0.2, 0.25) is 0 Å². The third kappa shape index (κ3) is 3.38. The largest absolute Gasteiger partial charge is 0.493 e. The molecule has 0 radical (unpaired) electrons. The lowest BCUT2D eigenvalue weighted by Gasteiger charge is -2.33. The average Bonchev–Trinajstić information content (AvgIpc) is 3.12. The fourth-order valence-corrected chi connectivity index (χ4v) is 4.11. The number of nitrogens with zero attached hydrogens (tertiary/aromatic N) is 1. The van der Waals surface area contributed by atoms with Crippen LogP contribution in [0.15, 0.2) is 66.6 Å². The second kappa shape index (κ2) is 7.01. The van der Waals surface area contributed by atoms with Gasteiger partial charge in [0.2, 0.25) is 0 Å². The van der Waals surface area contributed by atoms with E-state index in [0.717, 1.165) is 16.5 Å². The van der Waals surface area contributed by atoms with Gasteiger partial charge in [-0.2, -0.15) is 0 Å². The van der Waals surface area contributed by atoms with Gasteiger partial charge in [-0.15, -0.1) is 0 Å². The molecule has 1 aromatic heterocycles. The molecule has 0 aliphatic carbocycles. The molecular formula is C25H23NO5. The molecule has 5 rings (SSSR count). The van der Waals surface area contributed by atoms with Crippen molar-refractivity contribution in [3.8, 4) is 5.75 Å². The first-order valence-electron chi connectivity index (χ1n) is 10.3. The van der Waals surface area contributed by atoms with Crippen LogP contribution in [0.3, 0.4) is 0 Å². The van der Waals surface area contributed by atoms with Gasteiger partial charge in [0.1, 0.15) is 23.6 Å². The van der Waals surface area contributed by atoms with Crippen molar-refractivity contribution in [2.45, 2.75) is 45.0 Å². The van der Waals surface area contributed by atoms with Crippen LogP contribution in [-0.4, -0.2) is 28.1 Å². The molecule has 0 N–H and O–H groups in total. The summed E-state index contributed by atoms with van der Waals surface area (Å²) in [6.45, 7) is 5.51. The number of rotatable bonds is 1. The zero-order valence-corrected chi connectivity index (χ0v) is 17.6. The Balaban J connectivity index is 1.51. The van der Waals surface area contributed by atoms with Gasteiger partial charge in [0.25, 0.3) is 0 Å². The second-order valence-corrected chi connectivity index (χ2v) is 8.82. The minimum absolute atomic E-state index is 0.0681. The van der Waals surface area contributed by atoms with E-state index in [1.165, 1.54) is 10.8 Å². The summed E-state index contributed by atoms with van der Waals surface area (Å²) < 4.78 is 19.2. The summed E-state index contributed by atoms with van der Waals surface area (Å²) in [6.07, 6.45) is 2.54. The maximum absolute atomic E-state index is 12.8. The summed E-state index contributed by atoms with van der Waals surface area (Å²) in [5.41, 5.74) is 2.06. The number of fused-ring (bicyclic) bond motifs is 3. The van der Waals surface area contributed by atoms with Crippen LogP contribution >= 0.6 is 0 Å². The van der Waals surface area contributed by atoms with Crippen LogP contribution in [0.5, 0.6) is 5.75 Å². The highest BCUT2D eigenvalue weighted by Gasteiger charge is 2.38. The Morgan fingerprint density at radius 1 is 1.06 bits per heavy atom. The van der Waals surface area contributed by atoms with E-state index in [1.807, 2.05) is 63.2 Å². The van der Waals surface area contributed by atoms with E-state index in [2.05, 4.69) is 0 Å². The standard InChI is InChI=1S/C25H23NO5/c1-25(2,3)31-24(28)26-13-17(15-8-4-6-10-19(15)26)21-12-22-18(14-29-21)23(27)16-9-5-7-11-20(16)30-22/h4-11,13-14,21-22H,12H2,1-3H3/t21-,22+/m1/s1. The molecule has 3 heterocycles. The van der Waals surface area contributed by atoms with E-state index in [9.17, 15) is 9.59 Å². The van der Waals surface area contributed by atoms with Gasteiger partial charge < -0.3 is 14.2 Å². The molecule has 6 nitrogen and oxygen atoms in total. The van der Waals surface area contributed by atoms with E-state index in [4.69, 9.17) is 14.2 Å². The van der Waals surface area contributed by atoms with Crippen molar-refractivity contribution in [2.75, 3.05) is 0 Å². The van der Waals surface area contributed by atoms with E-state index in [1.54, 1.807) is 12.3 Å². The molecule has 2 aliphatic rings. The first kappa shape index (κ1) is 19.4. The maximum atomic E-state index is 12.8. The number of carbonyl (C=O) groups excluding carboxylic acids is 2. The number of aromatic nitrogens is 1. The Hall–Kier alpha value is -3.54. The van der Waals surface area contributed by atoms with Gasteiger partial charge in [-0.05, 0) is 39.0 Å². The van der Waals surface area contributed by atoms with Crippen molar-refractivity contribution in [3.63, 3.8) is 0 Å². The number of carbonyl (C=O) groups is 2. The first-order valence-corrected chi connectivity index (χ1v) is 10.3. The summed E-state index contributed by atoms with van der Waals surface area (Å²) in [5, 5.41) is 0.901. The lowest BCUT2D eigenvalue weighted by molar-refractivity contribution is 0.0531. The first-order chi connectivity index (χ1) is 14.8. The molecule has 0 amide bonds. The Labute approximate surface area is 180 Å². The van der Waals surface area contributed by atoms with Crippen LogP contribution in [-0.2, 0) is 9.47 Å². The van der Waals surface area contributed by atoms with Gasteiger partial charge in [-0.1, -0.05) is 30.3 Å². The van der Waals surface area contributed by atoms with Crippen molar-refractivity contribution in [3.05, 3.63) is 77.7 Å². The number of hydrogen-bond acceptors (Lipinski definition) is 5. The van der Waals surface area contributed by atoms with Crippen molar-refractivity contribution >= 4 is 22.8 Å². The monoisotopic (exact) mass is 417 g/mol. The molecule has 0 bridgehead atoms. The predicted molar refractivity (Wildman–Crippen MR) is 115 cm³/mol. The molecule has 2 aliphatic heterocycles. The quantitative estimate of drug-likeness (QED) is 0.529. The fraction of sp³-hybridized carbons (Fsp3) is 0.280. The molecule has 0 spiro atoms. The van der Waals surface area contributed by atoms with Crippen LogP contribution < -0.4 is 4.74 Å². The molecule has 2 atom stereocenters. The zero-order chi connectivity index (χ0) is 21.8. The number of hydrogen-bond donors (Lipinski definition) is 0. The smallest absolute Gasteiger partial charge is 0.419 e. The van der Waals surface area contributed by atoms with Gasteiger partial charge in [-0.3, -0.25) is 9.36 Å². The van der Waals surface area contributed by atoms with E-state index in [-0.39, 0.29) is 11.9 Å². The topological polar surface area (TPSA) is 66.8 Å². The molecule has 31 heavy (non-hydrogen) atoms. The molecule has 0 fully saturated rings. The third-order valence-corrected chi connectivity index (χ3v) is 5.48. The number of ether oxygens (including phenoxy) is 3. The van der Waals surface area contributed by atoms with Gasteiger partial charge in [0.15, 0.2) is 5.78 Å². The predicted octanol–water partition coefficient (Wildman–Crippen LogP) is 5.41. The number of Topliss-reactive ketones (excluding diaryl/α,β-unsaturated/α-hetero) is 1. The fourth-order valence-electron chi connectivity index (χ4n) is 4.11. The minimum Gasteiger partial charge on any atom is -0.493 e. The molecular weight excluding hydrogens is 394 g/mol. The van der Waals surface area contributed by atoms with Crippen LogP contribution in [0.1, 0.15) is 49.2 Å². The van der Waals surface area contributed by atoms with Crippen molar-refractivity contribution in [1.29, 1.82) is 0 Å². The second-order valence-electron chi connectivity index (χ2n) is 8.82. The van der Waals surface area contributed by atoms with Gasteiger partial charge in [-0.25, -0.2) is 4.79 Å². The lowest BCUT2D eigenvalue weighted by Crippen LogP contribution is -2.34. The Morgan fingerprint density at radius 2 is 1.81 bits per heavy atom. The molecule has 0 saturated carbocycles. The van der Waals surface area contributed by atoms with E-state index < -0.39 is 17.8 Å². The van der Waals surface area contributed by atoms with E-state index in [0.29, 0.717) is 23.3 Å². The normalized spacial score (nSPS) is 20.2. The van der Waals surface area contributed by atoms with Crippen LogP contribution in [0, 0.1) is 0 Å². The van der Waals surface area contributed by atoms with Crippen molar-refractivity contribution < 1.29 is 23.8 Å². The highest BCUT2D eigenvalue weighted by molar-refractivity contribution is 6.12. The summed E-state index contributed by atoms with van der Waals surface area (Å²) in [6, 6.07) is 14.9. The molecule has 0 saturated heterocycles. The molecule has 158 valence electrons. The number of para-hydroxylation sites is 2. The summed E-state index contributed by atoms with van der Waals surface area (Å²) in [5.74, 6) is 0.521. The highest BCUT2D eigenvalue weighted by Crippen LogP contribution is 2.41. The summed E-state index contributed by atoms with van der Waals surface area (Å²) >= 11 is 0. The van der Waals surface area contributed by atoms with Crippen molar-refractivity contribution in [2.24, 2.45) is 0 Å². The molecule has 3 aromatic rings. The van der Waals surface area contributed by atoms with Crippen molar-refractivity contribution in [1.82, 2.24) is 4.57 Å². The molecule has 2 aromatic carbocycles. The molecule has 0 unspecified atom stereocenters. The number of ketones is 1. The maximum Gasteiger partial charge on any atom is 0.419 e. The Morgan fingerprint density at radius 3 is 2.61 bits per heavy atom. The van der Waals surface area contributed by atoms with Crippen LogP contribution in [0.25, 0.3) is 10.9 Å². The van der Waals surface area contributed by atoms with Gasteiger partial charge in [0, 0.05) is 23.6 Å². The minimum atomic E-state index is -0.606. The van der Waals surface area contributed by atoms with Gasteiger partial charge in [0.05, 0.1) is 22.9 Å². The van der Waals surface area contributed by atoms with E-state index >= 15 is 0 Å². The number of benzene rings is 2. The van der Waals surface area contributed by atoms with Gasteiger partial charge >= 0.3 is 6.09 Å². The molecule has 6 heteroatoms. The third-order valence-electron chi connectivity index (χ3n) is 5.48. The summed E-state index contributed by atoms with van der Waals surface area (Å²) in [7, 11) is 0. The zero-order valence-electron chi connectivity index (χ0n) is 17.6. The highest BCUT2D eigenvalue weighted by atomic mass is 16.6. The lowest BCUT2D eigenvalue weighted by atomic mass is 9.89. The summed E-state index contributed by atoms with van der Waals surface area (Å²) in [4.78, 5) is 25.6.